The molecule has 7 nitrogen and oxygen atoms in total. The minimum atomic E-state index is -3.46. The van der Waals surface area contributed by atoms with Crippen molar-refractivity contribution in [3.63, 3.8) is 0 Å². The lowest BCUT2D eigenvalue weighted by molar-refractivity contribution is 0.145. The molecule has 0 amide bonds. The minimum Gasteiger partial charge on any atom is -0.393 e. The monoisotopic (exact) mass is 340 g/mol. The van der Waals surface area contributed by atoms with Gasteiger partial charge in [-0.15, -0.1) is 0 Å². The number of likely N-dealkylation sites (N-methyl/N-ethyl adjacent to an activating group) is 1. The lowest BCUT2D eigenvalue weighted by Crippen LogP contribution is -2.47. The van der Waals surface area contributed by atoms with Crippen molar-refractivity contribution < 1.29 is 13.5 Å². The van der Waals surface area contributed by atoms with Gasteiger partial charge < -0.3 is 14.9 Å². The number of aliphatic hydroxyl groups excluding tert-OH is 1. The number of nitrogens with zero attached hydrogens (tertiary/aromatic N) is 4. The third-order valence-electron chi connectivity index (χ3n) is 4.61. The average molecular weight is 340 g/mol. The molecule has 1 aromatic heterocycles. The van der Waals surface area contributed by atoms with Gasteiger partial charge in [-0.25, -0.2) is 13.4 Å². The standard InChI is InChI=1S/C15H24N4O3S/c1-17-8-10-19(11-9-17)23(21,22)14-2-3-15(16-12-14)18-6-4-13(20)5-7-18/h2-3,12-13,20H,4-11H2,1H3. The van der Waals surface area contributed by atoms with Crippen LogP contribution in [0.2, 0.25) is 0 Å². The van der Waals surface area contributed by atoms with E-state index in [1.807, 2.05) is 7.05 Å². The summed E-state index contributed by atoms with van der Waals surface area (Å²) in [5.74, 6) is 0.772. The highest BCUT2D eigenvalue weighted by atomic mass is 32.2. The highest BCUT2D eigenvalue weighted by molar-refractivity contribution is 7.89. The van der Waals surface area contributed by atoms with E-state index in [1.165, 1.54) is 10.5 Å². The maximum atomic E-state index is 12.6. The number of hydrogen-bond donors (Lipinski definition) is 1. The second-order valence-electron chi connectivity index (χ2n) is 6.28. The van der Waals surface area contributed by atoms with Crippen LogP contribution in [-0.4, -0.2) is 80.1 Å². The third-order valence-corrected chi connectivity index (χ3v) is 6.49. The highest BCUT2D eigenvalue weighted by Crippen LogP contribution is 2.21. The summed E-state index contributed by atoms with van der Waals surface area (Å²) in [6, 6.07) is 3.40. The van der Waals surface area contributed by atoms with E-state index in [-0.39, 0.29) is 11.0 Å². The van der Waals surface area contributed by atoms with Crippen LogP contribution in [0.15, 0.2) is 23.2 Å². The van der Waals surface area contributed by atoms with Crippen LogP contribution in [0.5, 0.6) is 0 Å². The fraction of sp³-hybridized carbons (Fsp3) is 0.667. The van der Waals surface area contributed by atoms with E-state index in [1.54, 1.807) is 12.1 Å². The first-order valence-electron chi connectivity index (χ1n) is 8.04. The minimum absolute atomic E-state index is 0.233. The van der Waals surface area contributed by atoms with Gasteiger partial charge in [0.05, 0.1) is 6.10 Å². The number of piperidine rings is 1. The summed E-state index contributed by atoms with van der Waals surface area (Å²) < 4.78 is 26.8. The van der Waals surface area contributed by atoms with Gasteiger partial charge in [-0.2, -0.15) is 4.31 Å². The molecule has 1 aromatic rings. The zero-order valence-electron chi connectivity index (χ0n) is 13.4. The zero-order chi connectivity index (χ0) is 16.4. The van der Waals surface area contributed by atoms with Crippen LogP contribution < -0.4 is 4.90 Å². The highest BCUT2D eigenvalue weighted by Gasteiger charge is 2.28. The molecule has 2 fully saturated rings. The Balaban J connectivity index is 1.71. The summed E-state index contributed by atoms with van der Waals surface area (Å²) in [5.41, 5.74) is 0. The van der Waals surface area contributed by atoms with Crippen molar-refractivity contribution in [3.8, 4) is 0 Å². The number of hydrogen-bond acceptors (Lipinski definition) is 6. The molecular weight excluding hydrogens is 316 g/mol. The molecular formula is C15H24N4O3S. The lowest BCUT2D eigenvalue weighted by atomic mass is 10.1. The zero-order valence-corrected chi connectivity index (χ0v) is 14.2. The van der Waals surface area contributed by atoms with E-state index in [4.69, 9.17) is 0 Å². The molecule has 1 N–H and O–H groups in total. The Morgan fingerprint density at radius 3 is 2.30 bits per heavy atom. The molecule has 0 unspecified atom stereocenters. The van der Waals surface area contributed by atoms with Gasteiger partial charge in [-0.3, -0.25) is 0 Å². The topological polar surface area (TPSA) is 77.0 Å². The molecule has 0 spiro atoms. The molecule has 2 aliphatic rings. The average Bonchev–Trinajstić information content (AvgIpc) is 2.56. The van der Waals surface area contributed by atoms with Gasteiger partial charge >= 0.3 is 0 Å². The smallest absolute Gasteiger partial charge is 0.244 e. The summed E-state index contributed by atoms with van der Waals surface area (Å²) in [6.45, 7) is 4.04. The fourth-order valence-electron chi connectivity index (χ4n) is 2.98. The number of anilines is 1. The normalized spacial score (nSPS) is 22.4. The van der Waals surface area contributed by atoms with Crippen molar-refractivity contribution >= 4 is 15.8 Å². The SMILES string of the molecule is CN1CCN(S(=O)(=O)c2ccc(N3CCC(O)CC3)nc2)CC1. The lowest BCUT2D eigenvalue weighted by Gasteiger charge is -2.32. The molecule has 2 saturated heterocycles. The first kappa shape index (κ1) is 16.6. The Bertz CT molecular complexity index is 619. The molecule has 0 radical (unpaired) electrons. The van der Waals surface area contributed by atoms with E-state index in [2.05, 4.69) is 14.8 Å². The molecule has 0 atom stereocenters. The van der Waals surface area contributed by atoms with Crippen molar-refractivity contribution in [3.05, 3.63) is 18.3 Å². The van der Waals surface area contributed by atoms with Gasteiger partial charge in [0, 0.05) is 45.5 Å². The van der Waals surface area contributed by atoms with Crippen LogP contribution >= 0.6 is 0 Å². The maximum absolute atomic E-state index is 12.6. The van der Waals surface area contributed by atoms with Crippen molar-refractivity contribution in [2.24, 2.45) is 0 Å². The number of aromatic nitrogens is 1. The van der Waals surface area contributed by atoms with Gasteiger partial charge in [0.2, 0.25) is 10.0 Å². The molecule has 3 heterocycles. The van der Waals surface area contributed by atoms with Crippen LogP contribution in [-0.2, 0) is 10.0 Å². The predicted molar refractivity (Wildman–Crippen MR) is 87.9 cm³/mol. The van der Waals surface area contributed by atoms with E-state index >= 15 is 0 Å². The first-order chi connectivity index (χ1) is 11.0. The van der Waals surface area contributed by atoms with Crippen LogP contribution in [0, 0.1) is 0 Å². The third kappa shape index (κ3) is 3.65. The summed E-state index contributed by atoms with van der Waals surface area (Å²) in [7, 11) is -1.46. The molecule has 0 bridgehead atoms. The summed E-state index contributed by atoms with van der Waals surface area (Å²) in [4.78, 5) is 8.79. The van der Waals surface area contributed by atoms with Gasteiger partial charge in [0.1, 0.15) is 10.7 Å². The second kappa shape index (κ2) is 6.72. The van der Waals surface area contributed by atoms with Gasteiger partial charge in [-0.05, 0) is 32.0 Å². The fourth-order valence-corrected chi connectivity index (χ4v) is 4.35. The number of pyridine rings is 1. The van der Waals surface area contributed by atoms with E-state index in [9.17, 15) is 13.5 Å². The summed E-state index contributed by atoms with van der Waals surface area (Å²) >= 11 is 0. The van der Waals surface area contributed by atoms with Crippen LogP contribution in [0.4, 0.5) is 5.82 Å². The van der Waals surface area contributed by atoms with Crippen molar-refractivity contribution in [2.45, 2.75) is 23.8 Å². The molecule has 3 rings (SSSR count). The summed E-state index contributed by atoms with van der Waals surface area (Å²) in [6.07, 6.45) is 2.67. The van der Waals surface area contributed by atoms with Crippen molar-refractivity contribution in [2.75, 3.05) is 51.2 Å². The molecule has 0 saturated carbocycles. The van der Waals surface area contributed by atoms with E-state index < -0.39 is 10.0 Å². The maximum Gasteiger partial charge on any atom is 0.244 e. The Kier molecular flexibility index (Phi) is 4.86. The van der Waals surface area contributed by atoms with Crippen LogP contribution in [0.25, 0.3) is 0 Å². The number of rotatable bonds is 3. The predicted octanol–water partition coefficient (Wildman–Crippen LogP) is -0.0212. The summed E-state index contributed by atoms with van der Waals surface area (Å²) in [5, 5.41) is 9.55. The van der Waals surface area contributed by atoms with Crippen LogP contribution in [0.1, 0.15) is 12.8 Å². The van der Waals surface area contributed by atoms with Gasteiger partial charge in [0.15, 0.2) is 0 Å². The van der Waals surface area contributed by atoms with Gasteiger partial charge in [0.25, 0.3) is 0 Å². The van der Waals surface area contributed by atoms with E-state index in [0.717, 1.165) is 44.8 Å². The number of sulfonamides is 1. The molecule has 23 heavy (non-hydrogen) atoms. The quantitative estimate of drug-likeness (QED) is 0.833. The molecule has 0 aromatic carbocycles. The largest absolute Gasteiger partial charge is 0.393 e. The Labute approximate surface area is 137 Å². The molecule has 0 aliphatic carbocycles. The van der Waals surface area contributed by atoms with Crippen molar-refractivity contribution in [1.29, 1.82) is 0 Å². The first-order valence-corrected chi connectivity index (χ1v) is 9.48. The molecule has 2 aliphatic heterocycles. The Hall–Kier alpha value is -1.22. The number of aliphatic hydroxyl groups is 1. The molecule has 128 valence electrons. The van der Waals surface area contributed by atoms with Crippen molar-refractivity contribution in [1.82, 2.24) is 14.2 Å². The molecule has 8 heteroatoms. The van der Waals surface area contributed by atoms with Crippen LogP contribution in [0.3, 0.4) is 0 Å². The Morgan fingerprint density at radius 2 is 1.74 bits per heavy atom. The number of piperazine rings is 1. The second-order valence-corrected chi connectivity index (χ2v) is 8.22. The Morgan fingerprint density at radius 1 is 1.09 bits per heavy atom. The van der Waals surface area contributed by atoms with E-state index in [0.29, 0.717) is 13.1 Å². The van der Waals surface area contributed by atoms with Gasteiger partial charge in [-0.1, -0.05) is 0 Å².